The molecule has 2 aromatic carbocycles. The average molecular weight is 402 g/mol. The number of aromatic nitrogens is 2. The van der Waals surface area contributed by atoms with Crippen molar-refractivity contribution in [2.45, 2.75) is 31.9 Å². The topological polar surface area (TPSA) is 54.3 Å². The number of methoxy groups -OCH3 is 1. The van der Waals surface area contributed by atoms with E-state index in [9.17, 15) is 0 Å². The quantitative estimate of drug-likeness (QED) is 0.473. The molecule has 1 aliphatic rings. The fourth-order valence-electron chi connectivity index (χ4n) is 4.66. The van der Waals surface area contributed by atoms with E-state index in [1.54, 1.807) is 7.11 Å². The Hall–Kier alpha value is -2.89. The van der Waals surface area contributed by atoms with E-state index in [4.69, 9.17) is 9.15 Å². The van der Waals surface area contributed by atoms with E-state index in [1.165, 1.54) is 40.4 Å². The van der Waals surface area contributed by atoms with Gasteiger partial charge in [-0.05, 0) is 47.9 Å². The van der Waals surface area contributed by atoms with Gasteiger partial charge in [0.25, 0.3) is 0 Å². The third kappa shape index (κ3) is 3.78. The Morgan fingerprint density at radius 1 is 1.07 bits per heavy atom. The minimum atomic E-state index is 0.434. The lowest BCUT2D eigenvalue weighted by molar-refractivity contribution is 0.154. The molecule has 0 saturated carbocycles. The van der Waals surface area contributed by atoms with Crippen LogP contribution in [0.5, 0.6) is 0 Å². The molecule has 3 heterocycles. The van der Waals surface area contributed by atoms with Gasteiger partial charge in [-0.3, -0.25) is 10.00 Å². The molecule has 154 valence electrons. The summed E-state index contributed by atoms with van der Waals surface area (Å²) in [6.45, 7) is 3.44. The Morgan fingerprint density at radius 2 is 1.93 bits per heavy atom. The summed E-state index contributed by atoms with van der Waals surface area (Å²) in [4.78, 5) is 2.48. The Labute approximate surface area is 176 Å². The van der Waals surface area contributed by atoms with Crippen molar-refractivity contribution in [2.24, 2.45) is 0 Å². The van der Waals surface area contributed by atoms with Gasteiger partial charge in [0.05, 0.1) is 12.7 Å². The first-order valence-electron chi connectivity index (χ1n) is 10.6. The number of furan rings is 1. The number of hydrogen-bond donors (Lipinski definition) is 1. The number of benzene rings is 2. The normalized spacial score (nSPS) is 17.6. The van der Waals surface area contributed by atoms with E-state index in [0.29, 0.717) is 12.5 Å². The van der Waals surface area contributed by atoms with Crippen LogP contribution in [0.1, 0.15) is 36.0 Å². The lowest BCUT2D eigenvalue weighted by Crippen LogP contribution is -2.34. The molecular weight excluding hydrogens is 374 g/mol. The maximum Gasteiger partial charge on any atom is 0.129 e. The fraction of sp³-hybridized carbons (Fsp3) is 0.320. The van der Waals surface area contributed by atoms with Gasteiger partial charge in [-0.2, -0.15) is 5.10 Å². The van der Waals surface area contributed by atoms with Crippen LogP contribution in [-0.2, 0) is 17.9 Å². The molecule has 1 atom stereocenters. The van der Waals surface area contributed by atoms with Crippen LogP contribution in [-0.4, -0.2) is 35.3 Å². The number of H-pyrrole nitrogens is 1. The second-order valence-electron chi connectivity index (χ2n) is 8.10. The second-order valence-corrected chi connectivity index (χ2v) is 8.10. The van der Waals surface area contributed by atoms with Gasteiger partial charge in [-0.15, -0.1) is 0 Å². The van der Waals surface area contributed by atoms with Crippen molar-refractivity contribution < 1.29 is 9.15 Å². The summed E-state index contributed by atoms with van der Waals surface area (Å²) < 4.78 is 11.1. The van der Waals surface area contributed by atoms with Gasteiger partial charge >= 0.3 is 0 Å². The Bertz CT molecular complexity index is 1120. The van der Waals surface area contributed by atoms with E-state index in [-0.39, 0.29) is 0 Å². The number of hydrogen-bond acceptors (Lipinski definition) is 4. The summed E-state index contributed by atoms with van der Waals surface area (Å²) >= 11 is 0. The summed E-state index contributed by atoms with van der Waals surface area (Å²) in [5.74, 6) is 2.32. The van der Waals surface area contributed by atoms with Crippen molar-refractivity contribution in [3.63, 3.8) is 0 Å². The number of fused-ring (bicyclic) bond motifs is 1. The molecule has 0 aliphatic carbocycles. The van der Waals surface area contributed by atoms with Gasteiger partial charge in [-0.25, -0.2) is 0 Å². The minimum Gasteiger partial charge on any atom is -0.462 e. The van der Waals surface area contributed by atoms with Gasteiger partial charge in [0.1, 0.15) is 18.1 Å². The number of nitrogens with one attached hydrogen (secondary N) is 1. The van der Waals surface area contributed by atoms with Gasteiger partial charge in [0, 0.05) is 30.8 Å². The summed E-state index contributed by atoms with van der Waals surface area (Å²) in [6.07, 6.45) is 4.33. The van der Waals surface area contributed by atoms with Crippen LogP contribution < -0.4 is 0 Å². The van der Waals surface area contributed by atoms with Crippen LogP contribution in [0.25, 0.3) is 21.9 Å². The first kappa shape index (κ1) is 19.1. The zero-order valence-electron chi connectivity index (χ0n) is 17.3. The van der Waals surface area contributed by atoms with Crippen molar-refractivity contribution in [2.75, 3.05) is 20.2 Å². The van der Waals surface area contributed by atoms with Crippen molar-refractivity contribution >= 4 is 10.8 Å². The summed E-state index contributed by atoms with van der Waals surface area (Å²) in [6, 6.07) is 19.1. The third-order valence-electron chi connectivity index (χ3n) is 6.05. The molecule has 1 aliphatic heterocycles. The van der Waals surface area contributed by atoms with Crippen molar-refractivity contribution in [1.29, 1.82) is 0 Å². The molecule has 0 spiro atoms. The molecule has 0 amide bonds. The molecule has 0 radical (unpaired) electrons. The highest BCUT2D eigenvalue weighted by Gasteiger charge is 2.26. The molecule has 2 aromatic heterocycles. The lowest BCUT2D eigenvalue weighted by atomic mass is 9.89. The van der Waals surface area contributed by atoms with Crippen LogP contribution in [0, 0.1) is 0 Å². The minimum absolute atomic E-state index is 0.434. The highest BCUT2D eigenvalue weighted by Crippen LogP contribution is 2.36. The first-order chi connectivity index (χ1) is 14.8. The molecule has 5 nitrogen and oxygen atoms in total. The summed E-state index contributed by atoms with van der Waals surface area (Å²) in [5, 5.41) is 10.3. The zero-order valence-corrected chi connectivity index (χ0v) is 17.3. The second kappa shape index (κ2) is 8.46. The van der Waals surface area contributed by atoms with Crippen LogP contribution in [0.15, 0.2) is 65.2 Å². The summed E-state index contributed by atoms with van der Waals surface area (Å²) in [5.41, 5.74) is 3.72. The molecule has 5 heteroatoms. The largest absolute Gasteiger partial charge is 0.462 e. The predicted molar refractivity (Wildman–Crippen MR) is 118 cm³/mol. The van der Waals surface area contributed by atoms with Gasteiger partial charge in [0.2, 0.25) is 0 Å². The number of rotatable bonds is 6. The smallest absolute Gasteiger partial charge is 0.129 e. The maximum absolute atomic E-state index is 5.91. The molecular formula is C25H27N3O2. The molecule has 30 heavy (non-hydrogen) atoms. The fourth-order valence-corrected chi connectivity index (χ4v) is 4.66. The van der Waals surface area contributed by atoms with Gasteiger partial charge < -0.3 is 9.15 Å². The molecule has 0 bridgehead atoms. The highest BCUT2D eigenvalue weighted by molar-refractivity contribution is 5.97. The SMILES string of the molecule is COCc1ccc(CN2CCCC(c3[nH]ncc3-c3cccc4ccccc34)C2)o1. The molecule has 4 aromatic rings. The lowest BCUT2D eigenvalue weighted by Gasteiger charge is -2.32. The molecule has 5 rings (SSSR count). The Kier molecular flexibility index (Phi) is 5.39. The van der Waals surface area contributed by atoms with E-state index in [1.807, 2.05) is 12.3 Å². The van der Waals surface area contributed by atoms with Crippen molar-refractivity contribution in [3.05, 3.63) is 78.0 Å². The molecule has 1 saturated heterocycles. The van der Waals surface area contributed by atoms with E-state index >= 15 is 0 Å². The Morgan fingerprint density at radius 3 is 2.87 bits per heavy atom. The highest BCUT2D eigenvalue weighted by atomic mass is 16.5. The van der Waals surface area contributed by atoms with Gasteiger partial charge in [0.15, 0.2) is 0 Å². The number of nitrogens with zero attached hydrogens (tertiary/aromatic N) is 2. The Balaban J connectivity index is 1.38. The summed E-state index contributed by atoms with van der Waals surface area (Å²) in [7, 11) is 1.69. The maximum atomic E-state index is 5.91. The number of aromatic amines is 1. The van der Waals surface area contributed by atoms with Crippen LogP contribution in [0.4, 0.5) is 0 Å². The van der Waals surface area contributed by atoms with Crippen LogP contribution in [0.3, 0.4) is 0 Å². The van der Waals surface area contributed by atoms with Crippen LogP contribution in [0.2, 0.25) is 0 Å². The first-order valence-corrected chi connectivity index (χ1v) is 10.6. The molecule has 1 N–H and O–H groups in total. The van der Waals surface area contributed by atoms with E-state index in [0.717, 1.165) is 31.2 Å². The third-order valence-corrected chi connectivity index (χ3v) is 6.05. The van der Waals surface area contributed by atoms with E-state index < -0.39 is 0 Å². The van der Waals surface area contributed by atoms with Crippen molar-refractivity contribution in [1.82, 2.24) is 15.1 Å². The van der Waals surface area contributed by atoms with Crippen LogP contribution >= 0.6 is 0 Å². The molecule has 1 fully saturated rings. The standard InChI is InChI=1S/C25H27N3O2/c1-29-17-21-12-11-20(30-21)16-28-13-5-8-19(15-28)25-24(14-26-27-25)23-10-4-7-18-6-2-3-9-22(18)23/h2-4,6-7,9-12,14,19H,5,8,13,15-17H2,1H3,(H,26,27). The van der Waals surface area contributed by atoms with E-state index in [2.05, 4.69) is 63.6 Å². The number of likely N-dealkylation sites (tertiary alicyclic amines) is 1. The zero-order chi connectivity index (χ0) is 20.3. The molecule has 1 unspecified atom stereocenters. The monoisotopic (exact) mass is 401 g/mol. The van der Waals surface area contributed by atoms with Gasteiger partial charge in [-0.1, -0.05) is 42.5 Å². The predicted octanol–water partition coefficient (Wildman–Crippen LogP) is 5.35. The number of piperidine rings is 1. The number of ether oxygens (including phenoxy) is 1. The van der Waals surface area contributed by atoms with Crippen molar-refractivity contribution in [3.8, 4) is 11.1 Å². The average Bonchev–Trinajstić information content (AvgIpc) is 3.44.